The SMILES string of the molecule is COc1ccccc1CCNc1cc(C(=O)NCCN2CCOCC2)ncn1. The number of methoxy groups -OCH3 is 1. The molecular formula is C20H27N5O3. The number of anilines is 1. The van der Waals surface area contributed by atoms with Crippen LogP contribution in [0, 0.1) is 0 Å². The van der Waals surface area contributed by atoms with Crippen molar-refractivity contribution >= 4 is 11.7 Å². The number of hydrogen-bond donors (Lipinski definition) is 2. The molecule has 0 saturated carbocycles. The maximum absolute atomic E-state index is 12.3. The van der Waals surface area contributed by atoms with Crippen LogP contribution in [0.15, 0.2) is 36.7 Å². The van der Waals surface area contributed by atoms with Crippen LogP contribution in [0.3, 0.4) is 0 Å². The molecule has 1 aliphatic rings. The molecule has 0 bridgehead atoms. The van der Waals surface area contributed by atoms with Gasteiger partial charge in [-0.3, -0.25) is 9.69 Å². The number of amides is 1. The van der Waals surface area contributed by atoms with E-state index in [1.54, 1.807) is 13.2 Å². The normalized spacial score (nSPS) is 14.5. The van der Waals surface area contributed by atoms with E-state index in [1.807, 2.05) is 24.3 Å². The van der Waals surface area contributed by atoms with E-state index in [0.717, 1.165) is 50.6 Å². The van der Waals surface area contributed by atoms with Gasteiger partial charge in [0, 0.05) is 38.8 Å². The van der Waals surface area contributed by atoms with Gasteiger partial charge in [0.1, 0.15) is 23.6 Å². The molecule has 1 aromatic carbocycles. The summed E-state index contributed by atoms with van der Waals surface area (Å²) in [5, 5.41) is 6.15. The predicted molar refractivity (Wildman–Crippen MR) is 107 cm³/mol. The Hall–Kier alpha value is -2.71. The van der Waals surface area contributed by atoms with E-state index >= 15 is 0 Å². The molecular weight excluding hydrogens is 358 g/mol. The number of morpholine rings is 1. The number of benzene rings is 1. The molecule has 2 N–H and O–H groups in total. The first kappa shape index (κ1) is 20.0. The molecule has 150 valence electrons. The first-order valence-corrected chi connectivity index (χ1v) is 9.52. The van der Waals surface area contributed by atoms with Crippen LogP contribution >= 0.6 is 0 Å². The number of para-hydroxylation sites is 1. The lowest BCUT2D eigenvalue weighted by atomic mass is 10.1. The molecule has 8 nitrogen and oxygen atoms in total. The van der Waals surface area contributed by atoms with Gasteiger partial charge in [-0.15, -0.1) is 0 Å². The van der Waals surface area contributed by atoms with Gasteiger partial charge in [0.15, 0.2) is 0 Å². The number of carbonyl (C=O) groups is 1. The molecule has 1 aliphatic heterocycles. The Morgan fingerprint density at radius 1 is 1.21 bits per heavy atom. The second-order valence-corrected chi connectivity index (χ2v) is 6.49. The quantitative estimate of drug-likeness (QED) is 0.671. The predicted octanol–water partition coefficient (Wildman–Crippen LogP) is 1.20. The summed E-state index contributed by atoms with van der Waals surface area (Å²) in [7, 11) is 1.67. The molecule has 0 aliphatic carbocycles. The number of aromatic nitrogens is 2. The molecule has 1 aromatic heterocycles. The summed E-state index contributed by atoms with van der Waals surface area (Å²) in [4.78, 5) is 22.9. The van der Waals surface area contributed by atoms with Crippen LogP contribution in [0.5, 0.6) is 5.75 Å². The summed E-state index contributed by atoms with van der Waals surface area (Å²) in [6.07, 6.45) is 2.19. The zero-order valence-electron chi connectivity index (χ0n) is 16.2. The summed E-state index contributed by atoms with van der Waals surface area (Å²) in [6.45, 7) is 5.39. The molecule has 0 unspecified atom stereocenters. The van der Waals surface area contributed by atoms with Crippen molar-refractivity contribution in [2.75, 3.05) is 58.4 Å². The molecule has 0 atom stereocenters. The summed E-state index contributed by atoms with van der Waals surface area (Å²) in [5.41, 5.74) is 1.48. The molecule has 1 fully saturated rings. The lowest BCUT2D eigenvalue weighted by Crippen LogP contribution is -2.41. The largest absolute Gasteiger partial charge is 0.496 e. The van der Waals surface area contributed by atoms with E-state index < -0.39 is 0 Å². The number of ether oxygens (including phenoxy) is 2. The van der Waals surface area contributed by atoms with Gasteiger partial charge in [-0.2, -0.15) is 0 Å². The monoisotopic (exact) mass is 385 g/mol. The van der Waals surface area contributed by atoms with Gasteiger partial charge in [-0.25, -0.2) is 9.97 Å². The highest BCUT2D eigenvalue weighted by atomic mass is 16.5. The van der Waals surface area contributed by atoms with Gasteiger partial charge >= 0.3 is 0 Å². The Labute approximate surface area is 165 Å². The second-order valence-electron chi connectivity index (χ2n) is 6.49. The molecule has 2 aromatic rings. The van der Waals surface area contributed by atoms with Crippen molar-refractivity contribution in [1.29, 1.82) is 0 Å². The molecule has 1 amide bonds. The molecule has 3 rings (SSSR count). The van der Waals surface area contributed by atoms with Crippen molar-refractivity contribution in [2.24, 2.45) is 0 Å². The average Bonchev–Trinajstić information content (AvgIpc) is 2.75. The zero-order valence-corrected chi connectivity index (χ0v) is 16.2. The summed E-state index contributed by atoms with van der Waals surface area (Å²) in [6, 6.07) is 9.59. The number of hydrogen-bond acceptors (Lipinski definition) is 7. The molecule has 2 heterocycles. The minimum absolute atomic E-state index is 0.191. The van der Waals surface area contributed by atoms with Crippen molar-refractivity contribution in [3.05, 3.63) is 47.9 Å². The number of nitrogens with zero attached hydrogens (tertiary/aromatic N) is 3. The van der Waals surface area contributed by atoms with Crippen LogP contribution in [0.2, 0.25) is 0 Å². The smallest absolute Gasteiger partial charge is 0.270 e. The van der Waals surface area contributed by atoms with Crippen molar-refractivity contribution < 1.29 is 14.3 Å². The van der Waals surface area contributed by atoms with E-state index in [-0.39, 0.29) is 5.91 Å². The van der Waals surface area contributed by atoms with E-state index in [2.05, 4.69) is 25.5 Å². The molecule has 1 saturated heterocycles. The van der Waals surface area contributed by atoms with Gasteiger partial charge < -0.3 is 20.1 Å². The van der Waals surface area contributed by atoms with Crippen LogP contribution in [0.4, 0.5) is 5.82 Å². The molecule has 28 heavy (non-hydrogen) atoms. The van der Waals surface area contributed by atoms with Crippen molar-refractivity contribution in [3.63, 3.8) is 0 Å². The third-order valence-electron chi connectivity index (χ3n) is 4.61. The van der Waals surface area contributed by atoms with Crippen LogP contribution in [0.25, 0.3) is 0 Å². The van der Waals surface area contributed by atoms with Gasteiger partial charge in [0.05, 0.1) is 20.3 Å². The van der Waals surface area contributed by atoms with Gasteiger partial charge in [0.2, 0.25) is 0 Å². The minimum atomic E-state index is -0.191. The lowest BCUT2D eigenvalue weighted by Gasteiger charge is -2.26. The van der Waals surface area contributed by atoms with E-state index in [0.29, 0.717) is 24.6 Å². The Balaban J connectivity index is 1.45. The van der Waals surface area contributed by atoms with E-state index in [1.165, 1.54) is 6.33 Å². The zero-order chi connectivity index (χ0) is 19.6. The molecule has 0 radical (unpaired) electrons. The number of carbonyl (C=O) groups excluding carboxylic acids is 1. The third-order valence-corrected chi connectivity index (χ3v) is 4.61. The highest BCUT2D eigenvalue weighted by Crippen LogP contribution is 2.17. The maximum atomic E-state index is 12.3. The van der Waals surface area contributed by atoms with Crippen molar-refractivity contribution in [1.82, 2.24) is 20.2 Å². The average molecular weight is 385 g/mol. The van der Waals surface area contributed by atoms with Crippen LogP contribution in [-0.4, -0.2) is 73.8 Å². The standard InChI is InChI=1S/C20H27N5O3/c1-27-18-5-3-2-4-16(18)6-7-21-19-14-17(23-15-24-19)20(26)22-8-9-25-10-12-28-13-11-25/h2-5,14-15H,6-13H2,1H3,(H,22,26)(H,21,23,24). The fraction of sp³-hybridized carbons (Fsp3) is 0.450. The number of nitrogens with one attached hydrogen (secondary N) is 2. The number of rotatable bonds is 9. The fourth-order valence-electron chi connectivity index (χ4n) is 3.06. The minimum Gasteiger partial charge on any atom is -0.496 e. The Morgan fingerprint density at radius 3 is 2.86 bits per heavy atom. The summed E-state index contributed by atoms with van der Waals surface area (Å²) >= 11 is 0. The summed E-state index contributed by atoms with van der Waals surface area (Å²) in [5.74, 6) is 1.30. The first-order valence-electron chi connectivity index (χ1n) is 9.52. The summed E-state index contributed by atoms with van der Waals surface area (Å²) < 4.78 is 10.7. The maximum Gasteiger partial charge on any atom is 0.270 e. The van der Waals surface area contributed by atoms with Crippen molar-refractivity contribution in [2.45, 2.75) is 6.42 Å². The fourth-order valence-corrected chi connectivity index (χ4v) is 3.06. The first-order chi connectivity index (χ1) is 13.8. The van der Waals surface area contributed by atoms with Crippen LogP contribution in [0.1, 0.15) is 16.1 Å². The van der Waals surface area contributed by atoms with E-state index in [4.69, 9.17) is 9.47 Å². The van der Waals surface area contributed by atoms with E-state index in [9.17, 15) is 4.79 Å². The highest BCUT2D eigenvalue weighted by Gasteiger charge is 2.12. The van der Waals surface area contributed by atoms with Gasteiger partial charge in [-0.1, -0.05) is 18.2 Å². The lowest BCUT2D eigenvalue weighted by molar-refractivity contribution is 0.0383. The molecule has 8 heteroatoms. The Morgan fingerprint density at radius 2 is 2.04 bits per heavy atom. The van der Waals surface area contributed by atoms with Crippen LogP contribution < -0.4 is 15.4 Å². The topological polar surface area (TPSA) is 88.6 Å². The molecule has 0 spiro atoms. The van der Waals surface area contributed by atoms with Crippen molar-refractivity contribution in [3.8, 4) is 5.75 Å². The van der Waals surface area contributed by atoms with Gasteiger partial charge in [0.25, 0.3) is 5.91 Å². The third kappa shape index (κ3) is 5.90. The van der Waals surface area contributed by atoms with Gasteiger partial charge in [-0.05, 0) is 18.1 Å². The Kier molecular flexibility index (Phi) is 7.57. The second kappa shape index (κ2) is 10.6. The van der Waals surface area contributed by atoms with Crippen LogP contribution in [-0.2, 0) is 11.2 Å². The highest BCUT2D eigenvalue weighted by molar-refractivity contribution is 5.92. The Bertz CT molecular complexity index is 765.